The van der Waals surface area contributed by atoms with Crippen LogP contribution in [0, 0.1) is 0 Å². The lowest BCUT2D eigenvalue weighted by Crippen LogP contribution is -2.57. The molecular formula is C27H33N3O5S. The predicted molar refractivity (Wildman–Crippen MR) is 136 cm³/mol. The van der Waals surface area contributed by atoms with Crippen LogP contribution in [0.1, 0.15) is 51.0 Å². The number of amides is 1. The Bertz CT molecular complexity index is 1250. The van der Waals surface area contributed by atoms with Gasteiger partial charge in [-0.15, -0.1) is 0 Å². The first-order valence-electron chi connectivity index (χ1n) is 12.6. The van der Waals surface area contributed by atoms with Gasteiger partial charge in [-0.2, -0.15) is 0 Å². The molecule has 1 N–H and O–H groups in total. The molecule has 1 aliphatic carbocycles. The number of likely N-dealkylation sites (tertiary alicyclic amines) is 1. The average molecular weight is 512 g/mol. The molecule has 8 nitrogen and oxygen atoms in total. The number of sulfonamides is 1. The van der Waals surface area contributed by atoms with E-state index in [-0.39, 0.29) is 29.8 Å². The number of hydrogen-bond acceptors (Lipinski definition) is 6. The van der Waals surface area contributed by atoms with Crippen LogP contribution in [-0.2, 0) is 29.8 Å². The second-order valence-electron chi connectivity index (χ2n) is 10.2. The molecule has 9 heteroatoms. The van der Waals surface area contributed by atoms with Crippen molar-refractivity contribution in [3.05, 3.63) is 60.2 Å². The minimum atomic E-state index is -4.04. The minimum Gasteiger partial charge on any atom is -0.467 e. The zero-order valence-corrected chi connectivity index (χ0v) is 21.5. The number of nitrogens with one attached hydrogen (secondary N) is 1. The number of esters is 1. The normalized spacial score (nSPS) is 25.9. The maximum Gasteiger partial charge on any atom is 0.328 e. The van der Waals surface area contributed by atoms with Crippen LogP contribution in [-0.4, -0.2) is 57.1 Å². The smallest absolute Gasteiger partial charge is 0.328 e. The van der Waals surface area contributed by atoms with Gasteiger partial charge in [0.15, 0.2) is 0 Å². The highest BCUT2D eigenvalue weighted by Gasteiger charge is 2.63. The Morgan fingerprint density at radius 2 is 1.69 bits per heavy atom. The van der Waals surface area contributed by atoms with Crippen LogP contribution in [0.15, 0.2) is 59.5 Å². The summed E-state index contributed by atoms with van der Waals surface area (Å²) in [4.78, 5) is 28.3. The molecule has 36 heavy (non-hydrogen) atoms. The molecule has 0 spiro atoms. The summed E-state index contributed by atoms with van der Waals surface area (Å²) in [7, 11) is -2.74. The number of hydrogen-bond donors (Lipinski definition) is 1. The van der Waals surface area contributed by atoms with Crippen LogP contribution < -0.4 is 9.62 Å². The molecule has 0 bridgehead atoms. The van der Waals surface area contributed by atoms with E-state index >= 15 is 0 Å². The summed E-state index contributed by atoms with van der Waals surface area (Å²) in [5.74, 6) is -0.836. The fourth-order valence-corrected chi connectivity index (χ4v) is 7.97. The predicted octanol–water partition coefficient (Wildman–Crippen LogP) is 3.18. The highest BCUT2D eigenvalue weighted by Crippen LogP contribution is 2.55. The molecular weight excluding hydrogens is 478 g/mol. The number of ether oxygens (including phenoxy) is 1. The number of nitrogens with zero attached hydrogens (tertiary/aromatic N) is 2. The number of carbonyl (C=O) groups excluding carboxylic acids is 2. The summed E-state index contributed by atoms with van der Waals surface area (Å²) in [6.45, 7) is 1.98. The average Bonchev–Trinajstić information content (AvgIpc) is 3.35. The van der Waals surface area contributed by atoms with Crippen LogP contribution >= 0.6 is 0 Å². The zero-order chi connectivity index (χ0) is 25.5. The Balaban J connectivity index is 1.58. The molecule has 5 rings (SSSR count). The lowest BCUT2D eigenvalue weighted by Gasteiger charge is -2.37. The quantitative estimate of drug-likeness (QED) is 0.599. The first kappa shape index (κ1) is 24.8. The van der Waals surface area contributed by atoms with Crippen LogP contribution in [0.25, 0.3) is 0 Å². The van der Waals surface area contributed by atoms with Gasteiger partial charge in [0.1, 0.15) is 12.2 Å². The van der Waals surface area contributed by atoms with Crippen molar-refractivity contribution < 1.29 is 22.7 Å². The van der Waals surface area contributed by atoms with Gasteiger partial charge >= 0.3 is 5.97 Å². The number of fused-ring (bicyclic) bond motifs is 3. The first-order valence-corrected chi connectivity index (χ1v) is 14.0. The molecule has 2 aromatic rings. The molecule has 2 aromatic carbocycles. The molecule has 1 amide bonds. The van der Waals surface area contributed by atoms with Gasteiger partial charge in [-0.3, -0.25) is 4.79 Å². The summed E-state index contributed by atoms with van der Waals surface area (Å²) in [5.41, 5.74) is 0.562. The Morgan fingerprint density at radius 1 is 1.03 bits per heavy atom. The molecule has 0 unspecified atom stereocenters. The molecule has 2 fully saturated rings. The molecule has 1 saturated carbocycles. The summed E-state index contributed by atoms with van der Waals surface area (Å²) in [6.07, 6.45) is 4.86. The highest BCUT2D eigenvalue weighted by atomic mass is 32.2. The summed E-state index contributed by atoms with van der Waals surface area (Å²) in [6, 6.07) is 14.9. The second kappa shape index (κ2) is 9.52. The van der Waals surface area contributed by atoms with Crippen molar-refractivity contribution in [1.29, 1.82) is 0 Å². The summed E-state index contributed by atoms with van der Waals surface area (Å²) < 4.78 is 34.6. The van der Waals surface area contributed by atoms with E-state index < -0.39 is 33.6 Å². The number of methoxy groups -OCH3 is 1. The number of para-hydroxylation sites is 1. The van der Waals surface area contributed by atoms with Crippen LogP contribution in [0.5, 0.6) is 0 Å². The summed E-state index contributed by atoms with van der Waals surface area (Å²) >= 11 is 0. The van der Waals surface area contributed by atoms with Crippen molar-refractivity contribution in [2.75, 3.05) is 18.0 Å². The molecule has 3 aliphatic rings. The molecule has 0 aromatic heterocycles. The van der Waals surface area contributed by atoms with Gasteiger partial charge in [-0.05, 0) is 43.0 Å². The Labute approximate surface area is 212 Å². The maximum atomic E-state index is 14.1. The van der Waals surface area contributed by atoms with Gasteiger partial charge in [0.25, 0.3) is 10.0 Å². The van der Waals surface area contributed by atoms with E-state index in [1.54, 1.807) is 42.5 Å². The van der Waals surface area contributed by atoms with Gasteiger partial charge < -0.3 is 15.0 Å². The van der Waals surface area contributed by atoms with Crippen LogP contribution in [0.3, 0.4) is 0 Å². The van der Waals surface area contributed by atoms with E-state index in [1.807, 2.05) is 19.1 Å². The van der Waals surface area contributed by atoms with Crippen LogP contribution in [0.2, 0.25) is 0 Å². The minimum absolute atomic E-state index is 0.0420. The van der Waals surface area contributed by atoms with E-state index in [9.17, 15) is 18.0 Å². The van der Waals surface area contributed by atoms with E-state index in [2.05, 4.69) is 5.32 Å². The molecule has 2 heterocycles. The third kappa shape index (κ3) is 3.98. The topological polar surface area (TPSA) is 96.0 Å². The molecule has 0 radical (unpaired) electrons. The van der Waals surface area contributed by atoms with Gasteiger partial charge in [-0.25, -0.2) is 17.5 Å². The number of benzene rings is 2. The van der Waals surface area contributed by atoms with Crippen molar-refractivity contribution in [2.45, 2.75) is 74.0 Å². The number of rotatable bonds is 6. The molecule has 192 valence electrons. The molecule has 2 aliphatic heterocycles. The largest absolute Gasteiger partial charge is 0.467 e. The van der Waals surface area contributed by atoms with E-state index in [1.165, 1.54) is 22.7 Å². The van der Waals surface area contributed by atoms with E-state index in [0.717, 1.165) is 31.2 Å². The lowest BCUT2D eigenvalue weighted by atomic mass is 9.80. The fourth-order valence-electron chi connectivity index (χ4n) is 6.22. The van der Waals surface area contributed by atoms with Crippen LogP contribution in [0.4, 0.5) is 5.69 Å². The second-order valence-corrected chi connectivity index (χ2v) is 12.0. The van der Waals surface area contributed by atoms with Gasteiger partial charge in [0.05, 0.1) is 24.2 Å². The number of anilines is 1. The van der Waals surface area contributed by atoms with Gasteiger partial charge in [0.2, 0.25) is 5.91 Å². The van der Waals surface area contributed by atoms with Crippen molar-refractivity contribution in [1.82, 2.24) is 10.2 Å². The Hall–Kier alpha value is -2.91. The monoisotopic (exact) mass is 511 g/mol. The fraction of sp³-hybridized carbons (Fsp3) is 0.481. The van der Waals surface area contributed by atoms with E-state index in [4.69, 9.17) is 4.74 Å². The maximum absolute atomic E-state index is 14.1. The molecule has 3 atom stereocenters. The van der Waals surface area contributed by atoms with Crippen molar-refractivity contribution in [2.24, 2.45) is 0 Å². The standard InChI is InChI=1S/C27H33N3O5S/c1-27-17-23(25(32)35-2)29(24(31)18-28-19-11-5-3-6-12-19)26(27)30(22-16-10-9-15-21(22)27)36(33,34)20-13-7-4-8-14-20/h4,7-10,13-16,19,23,26,28H,3,5-6,11-12,17-18H2,1-2H3/t23-,26-,27+/m1/s1. The number of carbonyl (C=O) groups is 2. The van der Waals surface area contributed by atoms with Crippen molar-refractivity contribution in [3.8, 4) is 0 Å². The highest BCUT2D eigenvalue weighted by molar-refractivity contribution is 7.92. The van der Waals surface area contributed by atoms with Crippen molar-refractivity contribution in [3.63, 3.8) is 0 Å². The molecule has 1 saturated heterocycles. The SMILES string of the molecule is COC(=O)[C@H]1C[C@@]2(C)c3ccccc3N(S(=O)(=O)c3ccccc3)[C@H]2N1C(=O)CNC1CCCCC1. The third-order valence-electron chi connectivity index (χ3n) is 7.97. The van der Waals surface area contributed by atoms with Crippen molar-refractivity contribution >= 4 is 27.6 Å². The first-order chi connectivity index (χ1) is 17.3. The zero-order valence-electron chi connectivity index (χ0n) is 20.7. The van der Waals surface area contributed by atoms with Gasteiger partial charge in [0, 0.05) is 11.5 Å². The Kier molecular flexibility index (Phi) is 6.55. The lowest BCUT2D eigenvalue weighted by molar-refractivity contribution is -0.151. The van der Waals surface area contributed by atoms with Gasteiger partial charge in [-0.1, -0.05) is 62.6 Å². The van der Waals surface area contributed by atoms with E-state index in [0.29, 0.717) is 5.69 Å². The summed E-state index contributed by atoms with van der Waals surface area (Å²) in [5, 5.41) is 3.36. The Morgan fingerprint density at radius 3 is 2.39 bits per heavy atom. The third-order valence-corrected chi connectivity index (χ3v) is 9.76.